The van der Waals surface area contributed by atoms with E-state index in [0.29, 0.717) is 12.3 Å². The van der Waals surface area contributed by atoms with Crippen LogP contribution in [0.2, 0.25) is 0 Å². The first-order chi connectivity index (χ1) is 7.16. The molecule has 0 unspecified atom stereocenters. The molecule has 0 amide bonds. The van der Waals surface area contributed by atoms with Crippen molar-refractivity contribution in [2.75, 3.05) is 0 Å². The molecule has 0 saturated heterocycles. The van der Waals surface area contributed by atoms with Crippen LogP contribution >= 0.6 is 0 Å². The molecule has 2 aliphatic rings. The molecule has 78 valence electrons. The van der Waals surface area contributed by atoms with E-state index in [1.165, 1.54) is 6.07 Å². The number of hydrogen-bond donors (Lipinski definition) is 0. The highest BCUT2D eigenvalue weighted by Crippen LogP contribution is 2.40. The molecule has 0 N–H and O–H groups in total. The van der Waals surface area contributed by atoms with E-state index in [0.717, 1.165) is 24.0 Å². The molecule has 0 atom stereocenters. The van der Waals surface area contributed by atoms with Gasteiger partial charge in [0.2, 0.25) is 0 Å². The van der Waals surface area contributed by atoms with Crippen LogP contribution in [-0.4, -0.2) is 11.8 Å². The molecule has 1 aromatic rings. The maximum atomic E-state index is 13.6. The molecule has 1 aliphatic heterocycles. The van der Waals surface area contributed by atoms with Crippen molar-refractivity contribution in [3.05, 3.63) is 29.1 Å². The highest BCUT2D eigenvalue weighted by molar-refractivity contribution is 5.85. The number of fused-ring (bicyclic) bond motifs is 1. The Morgan fingerprint density at radius 2 is 2.20 bits per heavy atom. The molecule has 1 aromatic carbocycles. The average molecular weight is 205 g/mol. The number of hydrogen-bond acceptors (Lipinski definition) is 2. The lowest BCUT2D eigenvalue weighted by molar-refractivity contribution is 0.191. The second-order valence-corrected chi connectivity index (χ2v) is 4.50. The zero-order valence-corrected chi connectivity index (χ0v) is 8.59. The lowest BCUT2D eigenvalue weighted by Crippen LogP contribution is -2.13. The van der Waals surface area contributed by atoms with Crippen LogP contribution in [0.4, 0.5) is 4.39 Å². The van der Waals surface area contributed by atoms with E-state index in [-0.39, 0.29) is 11.4 Å². The summed E-state index contributed by atoms with van der Waals surface area (Å²) < 4.78 is 19.3. The molecule has 0 bridgehead atoms. The standard InChI is InChI=1S/C12H12FNO/c1-12(2-3-12)15-11-5-9-7-14-6-8(9)4-10(11)13/h4-5,7H,2-3,6H2,1H3. The van der Waals surface area contributed by atoms with Gasteiger partial charge in [0.05, 0.1) is 6.54 Å². The van der Waals surface area contributed by atoms with Gasteiger partial charge in [0.1, 0.15) is 5.60 Å². The van der Waals surface area contributed by atoms with Gasteiger partial charge in [-0.2, -0.15) is 0 Å². The molecule has 1 aliphatic carbocycles. The fraction of sp³-hybridized carbons (Fsp3) is 0.417. The SMILES string of the molecule is CC1(Oc2cc3c(cc2F)CN=C3)CC1. The van der Waals surface area contributed by atoms with Gasteiger partial charge in [-0.3, -0.25) is 4.99 Å². The third-order valence-corrected chi connectivity index (χ3v) is 3.00. The first kappa shape index (κ1) is 8.89. The van der Waals surface area contributed by atoms with E-state index >= 15 is 0 Å². The minimum Gasteiger partial charge on any atom is -0.484 e. The van der Waals surface area contributed by atoms with Crippen LogP contribution in [0.1, 0.15) is 30.9 Å². The van der Waals surface area contributed by atoms with Crippen LogP contribution in [0.3, 0.4) is 0 Å². The number of aliphatic imine (C=N–C) groups is 1. The molecule has 3 heteroatoms. The average Bonchev–Trinajstić information content (AvgIpc) is 2.74. The first-order valence-electron chi connectivity index (χ1n) is 5.18. The number of benzene rings is 1. The van der Waals surface area contributed by atoms with Gasteiger partial charge < -0.3 is 4.74 Å². The lowest BCUT2D eigenvalue weighted by atomic mass is 10.1. The summed E-state index contributed by atoms with van der Waals surface area (Å²) in [5.41, 5.74) is 1.79. The molecule has 2 nitrogen and oxygen atoms in total. The van der Waals surface area contributed by atoms with Gasteiger partial charge in [0.15, 0.2) is 11.6 Å². The normalized spacial score (nSPS) is 20.1. The Bertz CT molecular complexity index is 449. The molecule has 1 fully saturated rings. The summed E-state index contributed by atoms with van der Waals surface area (Å²) in [4.78, 5) is 4.10. The molecule has 1 saturated carbocycles. The molecule has 0 radical (unpaired) electrons. The zero-order chi connectivity index (χ0) is 10.5. The number of rotatable bonds is 2. The summed E-state index contributed by atoms with van der Waals surface area (Å²) >= 11 is 0. The monoisotopic (exact) mass is 205 g/mol. The van der Waals surface area contributed by atoms with E-state index in [4.69, 9.17) is 4.74 Å². The Hall–Kier alpha value is -1.38. The van der Waals surface area contributed by atoms with Gasteiger partial charge in [0, 0.05) is 11.8 Å². The first-order valence-corrected chi connectivity index (χ1v) is 5.18. The van der Waals surface area contributed by atoms with Crippen LogP contribution in [0.25, 0.3) is 0 Å². The van der Waals surface area contributed by atoms with Crippen molar-refractivity contribution in [3.8, 4) is 5.75 Å². The molecule has 0 spiro atoms. The number of nitrogens with zero attached hydrogens (tertiary/aromatic N) is 1. The molecule has 0 aromatic heterocycles. The minimum absolute atomic E-state index is 0.134. The summed E-state index contributed by atoms with van der Waals surface area (Å²) in [6.07, 6.45) is 3.80. The predicted molar refractivity (Wildman–Crippen MR) is 56.0 cm³/mol. The summed E-state index contributed by atoms with van der Waals surface area (Å²) in [5, 5.41) is 0. The van der Waals surface area contributed by atoms with Crippen LogP contribution in [0.5, 0.6) is 5.75 Å². The molecular formula is C12H12FNO. The molecule has 15 heavy (non-hydrogen) atoms. The summed E-state index contributed by atoms with van der Waals surface area (Å²) in [5.74, 6) is 0.0921. The zero-order valence-electron chi connectivity index (χ0n) is 8.59. The Kier molecular flexibility index (Phi) is 1.67. The van der Waals surface area contributed by atoms with Gasteiger partial charge >= 0.3 is 0 Å². The largest absolute Gasteiger partial charge is 0.484 e. The second-order valence-electron chi connectivity index (χ2n) is 4.50. The maximum absolute atomic E-state index is 13.6. The highest BCUT2D eigenvalue weighted by Gasteiger charge is 2.40. The fourth-order valence-corrected chi connectivity index (χ4v) is 1.73. The van der Waals surface area contributed by atoms with Crippen molar-refractivity contribution in [1.29, 1.82) is 0 Å². The van der Waals surface area contributed by atoms with E-state index in [9.17, 15) is 4.39 Å². The topological polar surface area (TPSA) is 21.6 Å². The fourth-order valence-electron chi connectivity index (χ4n) is 1.73. The third kappa shape index (κ3) is 1.52. The summed E-state index contributed by atoms with van der Waals surface area (Å²) in [6, 6.07) is 3.29. The van der Waals surface area contributed by atoms with Gasteiger partial charge in [-0.05, 0) is 37.5 Å². The summed E-state index contributed by atoms with van der Waals surface area (Å²) in [6.45, 7) is 2.59. The van der Waals surface area contributed by atoms with E-state index in [2.05, 4.69) is 4.99 Å². The van der Waals surface area contributed by atoms with Crippen molar-refractivity contribution >= 4 is 6.21 Å². The highest BCUT2D eigenvalue weighted by atomic mass is 19.1. The third-order valence-electron chi connectivity index (χ3n) is 3.00. The maximum Gasteiger partial charge on any atom is 0.165 e. The van der Waals surface area contributed by atoms with Crippen LogP contribution < -0.4 is 4.74 Å². The Balaban J connectivity index is 1.96. The number of halogens is 1. The minimum atomic E-state index is -0.271. The van der Waals surface area contributed by atoms with Gasteiger partial charge in [0.25, 0.3) is 0 Å². The smallest absolute Gasteiger partial charge is 0.165 e. The van der Waals surface area contributed by atoms with Crippen LogP contribution in [0.15, 0.2) is 17.1 Å². The van der Waals surface area contributed by atoms with E-state index < -0.39 is 0 Å². The van der Waals surface area contributed by atoms with E-state index in [1.807, 2.05) is 6.92 Å². The van der Waals surface area contributed by atoms with Crippen molar-refractivity contribution in [2.24, 2.45) is 4.99 Å². The van der Waals surface area contributed by atoms with Gasteiger partial charge in [-0.1, -0.05) is 0 Å². The quantitative estimate of drug-likeness (QED) is 0.727. The molecular weight excluding hydrogens is 193 g/mol. The van der Waals surface area contributed by atoms with Crippen molar-refractivity contribution < 1.29 is 9.13 Å². The van der Waals surface area contributed by atoms with E-state index in [1.54, 1.807) is 12.3 Å². The van der Waals surface area contributed by atoms with Crippen LogP contribution in [-0.2, 0) is 6.54 Å². The molecule has 1 heterocycles. The lowest BCUT2D eigenvalue weighted by Gasteiger charge is -2.14. The summed E-state index contributed by atoms with van der Waals surface area (Å²) in [7, 11) is 0. The van der Waals surface area contributed by atoms with Crippen LogP contribution in [0, 0.1) is 5.82 Å². The van der Waals surface area contributed by atoms with Gasteiger partial charge in [-0.25, -0.2) is 4.39 Å². The Morgan fingerprint density at radius 1 is 1.40 bits per heavy atom. The second kappa shape index (κ2) is 2.81. The Morgan fingerprint density at radius 3 is 2.93 bits per heavy atom. The van der Waals surface area contributed by atoms with Crippen molar-refractivity contribution in [3.63, 3.8) is 0 Å². The Labute approximate surface area is 87.8 Å². The predicted octanol–water partition coefficient (Wildman–Crippen LogP) is 2.69. The van der Waals surface area contributed by atoms with Crippen molar-refractivity contribution in [2.45, 2.75) is 31.9 Å². The van der Waals surface area contributed by atoms with Crippen molar-refractivity contribution in [1.82, 2.24) is 0 Å². The molecule has 3 rings (SSSR count). The van der Waals surface area contributed by atoms with Gasteiger partial charge in [-0.15, -0.1) is 0 Å². The number of ether oxygens (including phenoxy) is 1.